The smallest absolute Gasteiger partial charge is 0.317 e. The fraction of sp³-hybridized carbons (Fsp3) is 0.200. The molecule has 6 nitrogen and oxygen atoms in total. The van der Waals surface area contributed by atoms with Gasteiger partial charge in [0.2, 0.25) is 0 Å². The average Bonchev–Trinajstić information content (AvgIpc) is 2.53. The Morgan fingerprint density at radius 3 is 1.42 bits per heavy atom. The van der Waals surface area contributed by atoms with E-state index in [1.165, 1.54) is 13.8 Å². The van der Waals surface area contributed by atoms with Gasteiger partial charge in [-0.2, -0.15) is 0 Å². The fourth-order valence-electron chi connectivity index (χ4n) is 2.45. The monoisotopic (exact) mass is 354 g/mol. The zero-order chi connectivity index (χ0) is 19.1. The number of hydrogen-bond donors (Lipinski definition) is 0. The molecule has 0 saturated heterocycles. The van der Waals surface area contributed by atoms with Crippen molar-refractivity contribution >= 4 is 23.9 Å². The molecule has 0 atom stereocenters. The average molecular weight is 354 g/mol. The third-order valence-corrected chi connectivity index (χ3v) is 3.40. The zero-order valence-corrected chi connectivity index (χ0v) is 14.5. The van der Waals surface area contributed by atoms with E-state index in [1.807, 2.05) is 24.3 Å². The molecule has 6 heteroatoms. The van der Waals surface area contributed by atoms with Gasteiger partial charge in [-0.15, -0.1) is 0 Å². The summed E-state index contributed by atoms with van der Waals surface area (Å²) in [6.07, 6.45) is -0.0317. The number of rotatable bonds is 5. The van der Waals surface area contributed by atoms with Crippen molar-refractivity contribution in [1.82, 2.24) is 0 Å². The van der Waals surface area contributed by atoms with E-state index in [4.69, 9.17) is 0 Å². The van der Waals surface area contributed by atoms with Crippen LogP contribution in [0.2, 0.25) is 0 Å². The minimum atomic E-state index is -0.642. The molecule has 0 amide bonds. The summed E-state index contributed by atoms with van der Waals surface area (Å²) in [6.45, 7) is 2.36. The molecule has 0 radical (unpaired) electrons. The third-order valence-electron chi connectivity index (χ3n) is 3.40. The normalized spacial score (nSPS) is 10.1. The predicted octanol–water partition coefficient (Wildman–Crippen LogP) is 2.62. The second-order valence-corrected chi connectivity index (χ2v) is 5.69. The lowest BCUT2D eigenvalue weighted by molar-refractivity contribution is -0.159. The van der Waals surface area contributed by atoms with Crippen LogP contribution in [0, 0.1) is 0 Å². The first-order valence-corrected chi connectivity index (χ1v) is 7.94. The summed E-state index contributed by atoms with van der Waals surface area (Å²) in [5.41, 5.74) is 3.10. The van der Waals surface area contributed by atoms with E-state index in [9.17, 15) is 19.2 Å². The van der Waals surface area contributed by atoms with E-state index in [-0.39, 0.29) is 12.8 Å². The van der Waals surface area contributed by atoms with Crippen LogP contribution in [-0.4, -0.2) is 23.9 Å². The van der Waals surface area contributed by atoms with E-state index in [0.29, 0.717) is 11.1 Å². The first-order valence-electron chi connectivity index (χ1n) is 7.94. The third kappa shape index (κ3) is 5.98. The predicted molar refractivity (Wildman–Crippen MR) is 92.8 cm³/mol. The summed E-state index contributed by atoms with van der Waals surface area (Å²) in [4.78, 5) is 44.9. The Hall–Kier alpha value is -3.28. The Labute approximate surface area is 150 Å². The van der Waals surface area contributed by atoms with Crippen LogP contribution in [0.5, 0.6) is 0 Å². The number of esters is 4. The topological polar surface area (TPSA) is 86.7 Å². The Morgan fingerprint density at radius 1 is 0.692 bits per heavy atom. The molecule has 0 saturated carbocycles. The summed E-state index contributed by atoms with van der Waals surface area (Å²) in [5.74, 6) is -2.52. The quantitative estimate of drug-likeness (QED) is 0.606. The highest BCUT2D eigenvalue weighted by atomic mass is 16.6. The van der Waals surface area contributed by atoms with Crippen LogP contribution in [0.1, 0.15) is 25.0 Å². The molecule has 0 aromatic heterocycles. The molecule has 0 N–H and O–H groups in total. The van der Waals surface area contributed by atoms with Crippen LogP contribution >= 0.6 is 0 Å². The first kappa shape index (κ1) is 19.1. The van der Waals surface area contributed by atoms with Crippen LogP contribution in [0.15, 0.2) is 48.5 Å². The molecule has 26 heavy (non-hydrogen) atoms. The highest BCUT2D eigenvalue weighted by Crippen LogP contribution is 2.22. The minimum Gasteiger partial charge on any atom is -0.393 e. The SMILES string of the molecule is CC(=O)OC(=O)Cc1cccc(-c2cccc(CC(=O)OC(C)=O)c2)c1. The summed E-state index contributed by atoms with van der Waals surface area (Å²) in [5, 5.41) is 0. The minimum absolute atomic E-state index is 0.0158. The molecule has 0 spiro atoms. The van der Waals surface area contributed by atoms with Crippen LogP contribution in [0.4, 0.5) is 0 Å². The van der Waals surface area contributed by atoms with E-state index in [1.54, 1.807) is 24.3 Å². The molecule has 134 valence electrons. The van der Waals surface area contributed by atoms with Crippen LogP contribution < -0.4 is 0 Å². The van der Waals surface area contributed by atoms with Gasteiger partial charge in [-0.3, -0.25) is 19.2 Å². The summed E-state index contributed by atoms with van der Waals surface area (Å²) < 4.78 is 9.07. The lowest BCUT2D eigenvalue weighted by atomic mass is 9.99. The highest BCUT2D eigenvalue weighted by molar-refractivity contribution is 5.86. The largest absolute Gasteiger partial charge is 0.393 e. The van der Waals surface area contributed by atoms with Crippen molar-refractivity contribution in [3.8, 4) is 11.1 Å². The molecule has 0 aliphatic heterocycles. The summed E-state index contributed by atoms with van der Waals surface area (Å²) >= 11 is 0. The Kier molecular flexibility index (Phi) is 6.38. The van der Waals surface area contributed by atoms with Gasteiger partial charge in [0, 0.05) is 13.8 Å². The molecular weight excluding hydrogens is 336 g/mol. The molecule has 2 aromatic carbocycles. The van der Waals surface area contributed by atoms with Crippen LogP contribution in [-0.2, 0) is 41.5 Å². The lowest BCUT2D eigenvalue weighted by Crippen LogP contribution is -2.11. The Morgan fingerprint density at radius 2 is 1.08 bits per heavy atom. The van der Waals surface area contributed by atoms with Crippen molar-refractivity contribution in [3.05, 3.63) is 59.7 Å². The molecule has 0 aliphatic carbocycles. The number of hydrogen-bond acceptors (Lipinski definition) is 6. The molecule has 0 unspecified atom stereocenters. The zero-order valence-electron chi connectivity index (χ0n) is 14.5. The number of carbonyl (C=O) groups is 4. The van der Waals surface area contributed by atoms with Gasteiger partial charge in [0.15, 0.2) is 0 Å². The highest BCUT2D eigenvalue weighted by Gasteiger charge is 2.10. The summed E-state index contributed by atoms with van der Waals surface area (Å²) in [6, 6.07) is 14.5. The molecule has 2 rings (SSSR count). The van der Waals surface area contributed by atoms with Gasteiger partial charge in [-0.25, -0.2) is 0 Å². The van der Waals surface area contributed by atoms with Gasteiger partial charge in [0.25, 0.3) is 0 Å². The molecular formula is C20H18O6. The molecule has 0 aliphatic rings. The van der Waals surface area contributed by atoms with Crippen molar-refractivity contribution in [2.45, 2.75) is 26.7 Å². The van der Waals surface area contributed by atoms with Gasteiger partial charge in [-0.1, -0.05) is 48.5 Å². The van der Waals surface area contributed by atoms with Crippen LogP contribution in [0.3, 0.4) is 0 Å². The van der Waals surface area contributed by atoms with Crippen molar-refractivity contribution in [2.75, 3.05) is 0 Å². The second-order valence-electron chi connectivity index (χ2n) is 5.69. The van der Waals surface area contributed by atoms with Crippen molar-refractivity contribution in [2.24, 2.45) is 0 Å². The maximum atomic E-state index is 11.6. The number of ether oxygens (including phenoxy) is 2. The molecule has 0 heterocycles. The van der Waals surface area contributed by atoms with Crippen molar-refractivity contribution in [3.63, 3.8) is 0 Å². The first-order chi connectivity index (χ1) is 12.3. The molecule has 0 fully saturated rings. The molecule has 2 aromatic rings. The number of benzene rings is 2. The van der Waals surface area contributed by atoms with E-state index in [0.717, 1.165) is 11.1 Å². The van der Waals surface area contributed by atoms with Crippen molar-refractivity contribution in [1.29, 1.82) is 0 Å². The van der Waals surface area contributed by atoms with Gasteiger partial charge in [-0.05, 0) is 22.3 Å². The van der Waals surface area contributed by atoms with E-state index < -0.39 is 23.9 Å². The van der Waals surface area contributed by atoms with E-state index >= 15 is 0 Å². The standard InChI is InChI=1S/C20H18O6/c1-13(21)25-19(23)11-15-5-3-7-17(9-15)18-8-4-6-16(10-18)12-20(24)26-14(2)22/h3-10H,11-12H2,1-2H3. The van der Waals surface area contributed by atoms with Crippen molar-refractivity contribution < 1.29 is 28.7 Å². The Bertz CT molecular complexity index is 781. The second kappa shape index (κ2) is 8.71. The van der Waals surface area contributed by atoms with Gasteiger partial charge in [0.05, 0.1) is 12.8 Å². The summed E-state index contributed by atoms with van der Waals surface area (Å²) in [7, 11) is 0. The van der Waals surface area contributed by atoms with Crippen LogP contribution in [0.25, 0.3) is 11.1 Å². The maximum absolute atomic E-state index is 11.6. The van der Waals surface area contributed by atoms with Gasteiger partial charge < -0.3 is 9.47 Å². The lowest BCUT2D eigenvalue weighted by Gasteiger charge is -2.07. The maximum Gasteiger partial charge on any atom is 0.317 e. The van der Waals surface area contributed by atoms with E-state index in [2.05, 4.69) is 9.47 Å². The van der Waals surface area contributed by atoms with Gasteiger partial charge in [0.1, 0.15) is 0 Å². The number of carbonyl (C=O) groups excluding carboxylic acids is 4. The molecule has 0 bridgehead atoms. The van der Waals surface area contributed by atoms with Gasteiger partial charge >= 0.3 is 23.9 Å². The fourth-order valence-corrected chi connectivity index (χ4v) is 2.45. The Balaban J connectivity index is 2.15.